The second kappa shape index (κ2) is 7.45. The molecule has 25 heavy (non-hydrogen) atoms. The van der Waals surface area contributed by atoms with Crippen LogP contribution in [0.15, 0.2) is 77.8 Å². The van der Waals surface area contributed by atoms with Gasteiger partial charge in [-0.3, -0.25) is 4.99 Å². The molecule has 0 aliphatic heterocycles. The van der Waals surface area contributed by atoms with Crippen molar-refractivity contribution in [2.45, 2.75) is 0 Å². The van der Waals surface area contributed by atoms with Gasteiger partial charge in [-0.05, 0) is 41.0 Å². The Morgan fingerprint density at radius 1 is 0.960 bits per heavy atom. The zero-order chi connectivity index (χ0) is 17.6. The quantitative estimate of drug-likeness (QED) is 0.561. The van der Waals surface area contributed by atoms with Crippen molar-refractivity contribution in [2.75, 3.05) is 7.11 Å². The molecular weight excluding hydrogens is 314 g/mol. The molecule has 0 spiro atoms. The number of aliphatic imine (C=N–C) groups is 1. The summed E-state index contributed by atoms with van der Waals surface area (Å²) in [5.41, 5.74) is 3.82. The summed E-state index contributed by atoms with van der Waals surface area (Å²) >= 11 is 0. The third-order valence-electron chi connectivity index (χ3n) is 3.77. The van der Waals surface area contributed by atoms with Crippen LogP contribution in [0.3, 0.4) is 0 Å². The monoisotopic (exact) mass is 331 g/mol. The molecule has 0 aliphatic rings. The Hall–Kier alpha value is -3.40. The number of phenolic OH excluding ortho intramolecular Hbond substituents is 1. The molecular formula is C21H17NO3. The van der Waals surface area contributed by atoms with Crippen molar-refractivity contribution in [1.82, 2.24) is 0 Å². The lowest BCUT2D eigenvalue weighted by Gasteiger charge is -2.05. The number of phenols is 1. The highest BCUT2D eigenvalue weighted by Gasteiger charge is 2.05. The summed E-state index contributed by atoms with van der Waals surface area (Å²) in [6, 6.07) is 22.1. The molecule has 1 N–H and O–H groups in total. The number of carbonyl (C=O) groups is 1. The van der Waals surface area contributed by atoms with Gasteiger partial charge in [-0.15, -0.1) is 0 Å². The first kappa shape index (κ1) is 16.5. The Kier molecular flexibility index (Phi) is 4.90. The number of esters is 1. The zero-order valence-corrected chi connectivity index (χ0v) is 13.7. The molecule has 0 fully saturated rings. The predicted molar refractivity (Wildman–Crippen MR) is 98.6 cm³/mol. The molecule has 0 bridgehead atoms. The van der Waals surface area contributed by atoms with E-state index in [1.807, 2.05) is 42.5 Å². The molecule has 0 aromatic heterocycles. The Morgan fingerprint density at radius 3 is 2.36 bits per heavy atom. The van der Waals surface area contributed by atoms with Gasteiger partial charge in [-0.1, -0.05) is 48.5 Å². The van der Waals surface area contributed by atoms with Gasteiger partial charge < -0.3 is 9.84 Å². The van der Waals surface area contributed by atoms with Crippen molar-refractivity contribution in [2.24, 2.45) is 4.99 Å². The number of carbonyl (C=O) groups excluding carboxylic acids is 1. The van der Waals surface area contributed by atoms with Crippen LogP contribution in [0.2, 0.25) is 0 Å². The van der Waals surface area contributed by atoms with Gasteiger partial charge in [0.1, 0.15) is 11.4 Å². The van der Waals surface area contributed by atoms with Gasteiger partial charge in [0.25, 0.3) is 0 Å². The van der Waals surface area contributed by atoms with Crippen LogP contribution in [0.4, 0.5) is 5.69 Å². The molecule has 3 rings (SSSR count). The topological polar surface area (TPSA) is 58.9 Å². The smallest absolute Gasteiger partial charge is 0.337 e. The summed E-state index contributed by atoms with van der Waals surface area (Å²) < 4.78 is 4.67. The fraction of sp³-hybridized carbons (Fsp3) is 0.0476. The van der Waals surface area contributed by atoms with Gasteiger partial charge in [-0.25, -0.2) is 4.79 Å². The van der Waals surface area contributed by atoms with Crippen LogP contribution in [-0.4, -0.2) is 24.4 Å². The number of ether oxygens (including phenoxy) is 1. The van der Waals surface area contributed by atoms with Gasteiger partial charge >= 0.3 is 5.97 Å². The van der Waals surface area contributed by atoms with E-state index in [-0.39, 0.29) is 11.7 Å². The molecule has 0 unspecified atom stereocenters. The maximum absolute atomic E-state index is 11.4. The molecule has 0 heterocycles. The predicted octanol–water partition coefficient (Wildman–Crippen LogP) is 4.60. The van der Waals surface area contributed by atoms with Gasteiger partial charge in [0.2, 0.25) is 0 Å². The SMILES string of the molecule is COC(=O)c1ccc(C=Nc2cc(-c3ccccc3)ccc2O)cc1. The van der Waals surface area contributed by atoms with Gasteiger partial charge in [0.15, 0.2) is 0 Å². The Labute approximate surface area is 146 Å². The average molecular weight is 331 g/mol. The maximum Gasteiger partial charge on any atom is 0.337 e. The molecule has 0 atom stereocenters. The molecule has 0 saturated carbocycles. The van der Waals surface area contributed by atoms with Gasteiger partial charge in [0.05, 0.1) is 12.7 Å². The van der Waals surface area contributed by atoms with Gasteiger partial charge in [0, 0.05) is 6.21 Å². The lowest BCUT2D eigenvalue weighted by Crippen LogP contribution is -2.00. The van der Waals surface area contributed by atoms with Crippen LogP contribution in [-0.2, 0) is 4.74 Å². The fourth-order valence-corrected chi connectivity index (χ4v) is 2.40. The molecule has 0 aliphatic carbocycles. The number of hydrogen-bond donors (Lipinski definition) is 1. The Bertz CT molecular complexity index is 900. The number of methoxy groups -OCH3 is 1. The zero-order valence-electron chi connectivity index (χ0n) is 13.7. The van der Waals surface area contributed by atoms with E-state index in [2.05, 4.69) is 9.73 Å². The minimum Gasteiger partial charge on any atom is -0.506 e. The van der Waals surface area contributed by atoms with Crippen molar-refractivity contribution in [3.63, 3.8) is 0 Å². The molecule has 0 saturated heterocycles. The Morgan fingerprint density at radius 2 is 1.68 bits per heavy atom. The lowest BCUT2D eigenvalue weighted by atomic mass is 10.0. The van der Waals surface area contributed by atoms with Crippen molar-refractivity contribution in [3.05, 3.63) is 83.9 Å². The Balaban J connectivity index is 1.85. The molecule has 4 nitrogen and oxygen atoms in total. The first-order chi connectivity index (χ1) is 12.2. The summed E-state index contributed by atoms with van der Waals surface area (Å²) in [6.45, 7) is 0. The number of nitrogens with zero attached hydrogens (tertiary/aromatic N) is 1. The summed E-state index contributed by atoms with van der Waals surface area (Å²) in [5.74, 6) is -0.265. The number of hydrogen-bond acceptors (Lipinski definition) is 4. The molecule has 3 aromatic rings. The number of aromatic hydroxyl groups is 1. The fourth-order valence-electron chi connectivity index (χ4n) is 2.40. The minimum atomic E-state index is -0.378. The second-order valence-electron chi connectivity index (χ2n) is 5.44. The summed E-state index contributed by atoms with van der Waals surface area (Å²) in [4.78, 5) is 15.8. The van der Waals surface area contributed by atoms with Crippen LogP contribution in [0.5, 0.6) is 5.75 Å². The maximum atomic E-state index is 11.4. The van der Waals surface area contributed by atoms with Crippen LogP contribution in [0, 0.1) is 0 Å². The van der Waals surface area contributed by atoms with E-state index in [9.17, 15) is 9.90 Å². The number of rotatable bonds is 4. The van der Waals surface area contributed by atoms with Crippen LogP contribution >= 0.6 is 0 Å². The molecule has 124 valence electrons. The summed E-state index contributed by atoms with van der Waals surface area (Å²) in [7, 11) is 1.35. The highest BCUT2D eigenvalue weighted by molar-refractivity contribution is 5.91. The van der Waals surface area contributed by atoms with E-state index in [1.54, 1.807) is 36.5 Å². The summed E-state index contributed by atoms with van der Waals surface area (Å²) in [5, 5.41) is 10.0. The van der Waals surface area contributed by atoms with Crippen LogP contribution in [0.25, 0.3) is 11.1 Å². The van der Waals surface area contributed by atoms with Crippen molar-refractivity contribution < 1.29 is 14.6 Å². The highest BCUT2D eigenvalue weighted by atomic mass is 16.5. The standard InChI is InChI=1S/C21H17NO3/c1-25-21(24)17-9-7-15(8-10-17)14-22-19-13-18(11-12-20(19)23)16-5-3-2-4-6-16/h2-14,23H,1H3. The highest BCUT2D eigenvalue weighted by Crippen LogP contribution is 2.31. The lowest BCUT2D eigenvalue weighted by molar-refractivity contribution is 0.0600. The normalized spacial score (nSPS) is 10.8. The molecule has 0 radical (unpaired) electrons. The van der Waals surface area contributed by atoms with Crippen LogP contribution < -0.4 is 0 Å². The molecule has 4 heteroatoms. The van der Waals surface area contributed by atoms with E-state index in [0.29, 0.717) is 11.3 Å². The molecule has 0 amide bonds. The van der Waals surface area contributed by atoms with Crippen molar-refractivity contribution in [3.8, 4) is 16.9 Å². The van der Waals surface area contributed by atoms with Crippen molar-refractivity contribution in [1.29, 1.82) is 0 Å². The van der Waals surface area contributed by atoms with E-state index in [1.165, 1.54) is 7.11 Å². The summed E-state index contributed by atoms with van der Waals surface area (Å²) in [6.07, 6.45) is 1.64. The van der Waals surface area contributed by atoms with E-state index >= 15 is 0 Å². The van der Waals surface area contributed by atoms with E-state index in [4.69, 9.17) is 0 Å². The third kappa shape index (κ3) is 3.93. The third-order valence-corrected chi connectivity index (χ3v) is 3.77. The molecule has 3 aromatic carbocycles. The largest absolute Gasteiger partial charge is 0.506 e. The van der Waals surface area contributed by atoms with Crippen molar-refractivity contribution >= 4 is 17.9 Å². The minimum absolute atomic E-state index is 0.113. The van der Waals surface area contributed by atoms with Gasteiger partial charge in [-0.2, -0.15) is 0 Å². The van der Waals surface area contributed by atoms with E-state index in [0.717, 1.165) is 16.7 Å². The van der Waals surface area contributed by atoms with E-state index < -0.39 is 0 Å². The first-order valence-electron chi connectivity index (χ1n) is 7.78. The van der Waals surface area contributed by atoms with Crippen LogP contribution in [0.1, 0.15) is 15.9 Å². The second-order valence-corrected chi connectivity index (χ2v) is 5.44. The average Bonchev–Trinajstić information content (AvgIpc) is 2.68. The number of benzene rings is 3. The first-order valence-corrected chi connectivity index (χ1v) is 7.78.